The lowest BCUT2D eigenvalue weighted by Crippen LogP contribution is -2.52. The zero-order valence-electron chi connectivity index (χ0n) is 16.3. The lowest BCUT2D eigenvalue weighted by Gasteiger charge is -2.40. The minimum absolute atomic E-state index is 0.0358. The number of amides is 1. The quantitative estimate of drug-likeness (QED) is 0.774. The standard InChI is InChI=1S/C21H30N4O2/c1-17-22-10-13-24(17)14-11-23-21(26)19-9-6-12-25(20(19)16-27-2)15-18-7-4-3-5-8-18/h3-5,7-8,10,13,19-20H,6,9,11-12,14-16H2,1-2H3,(H,23,26)/t19-,20-/m1/s1. The van der Waals surface area contributed by atoms with E-state index in [4.69, 9.17) is 4.74 Å². The van der Waals surface area contributed by atoms with Crippen molar-refractivity contribution in [1.29, 1.82) is 0 Å². The highest BCUT2D eigenvalue weighted by Gasteiger charge is 2.35. The van der Waals surface area contributed by atoms with Gasteiger partial charge in [0.2, 0.25) is 5.91 Å². The molecule has 146 valence electrons. The summed E-state index contributed by atoms with van der Waals surface area (Å²) in [5, 5.41) is 3.12. The Balaban J connectivity index is 1.59. The van der Waals surface area contributed by atoms with Gasteiger partial charge in [-0.2, -0.15) is 0 Å². The first-order valence-corrected chi connectivity index (χ1v) is 9.71. The third-order valence-corrected chi connectivity index (χ3v) is 5.37. The van der Waals surface area contributed by atoms with E-state index in [2.05, 4.69) is 44.0 Å². The van der Waals surface area contributed by atoms with Gasteiger partial charge < -0.3 is 14.6 Å². The number of imidazole rings is 1. The molecule has 0 spiro atoms. The number of aryl methyl sites for hydroxylation is 1. The summed E-state index contributed by atoms with van der Waals surface area (Å²) >= 11 is 0. The molecule has 1 fully saturated rings. The van der Waals surface area contributed by atoms with Crippen LogP contribution in [0, 0.1) is 12.8 Å². The third-order valence-electron chi connectivity index (χ3n) is 5.37. The van der Waals surface area contributed by atoms with Crippen LogP contribution in [0.15, 0.2) is 42.7 Å². The smallest absolute Gasteiger partial charge is 0.224 e. The maximum absolute atomic E-state index is 12.9. The lowest BCUT2D eigenvalue weighted by molar-refractivity contribution is -0.130. The molecule has 6 nitrogen and oxygen atoms in total. The molecule has 1 aromatic heterocycles. The Kier molecular flexibility index (Phi) is 7.01. The summed E-state index contributed by atoms with van der Waals surface area (Å²) < 4.78 is 7.53. The molecule has 2 aromatic rings. The average Bonchev–Trinajstić information content (AvgIpc) is 3.09. The maximum Gasteiger partial charge on any atom is 0.224 e. The van der Waals surface area contributed by atoms with Crippen LogP contribution >= 0.6 is 0 Å². The van der Waals surface area contributed by atoms with Crippen molar-refractivity contribution in [3.05, 3.63) is 54.1 Å². The number of nitrogens with zero attached hydrogens (tertiary/aromatic N) is 3. The molecule has 6 heteroatoms. The zero-order valence-corrected chi connectivity index (χ0v) is 16.3. The molecule has 3 rings (SSSR count). The van der Waals surface area contributed by atoms with Gasteiger partial charge in [-0.3, -0.25) is 9.69 Å². The topological polar surface area (TPSA) is 59.4 Å². The monoisotopic (exact) mass is 370 g/mol. The highest BCUT2D eigenvalue weighted by Crippen LogP contribution is 2.26. The molecule has 1 aromatic carbocycles. The van der Waals surface area contributed by atoms with Gasteiger partial charge >= 0.3 is 0 Å². The second-order valence-corrected chi connectivity index (χ2v) is 7.19. The predicted molar refractivity (Wildman–Crippen MR) is 105 cm³/mol. The summed E-state index contributed by atoms with van der Waals surface area (Å²) in [4.78, 5) is 19.5. The molecule has 1 amide bonds. The number of nitrogens with one attached hydrogen (secondary N) is 1. The first-order valence-electron chi connectivity index (χ1n) is 9.71. The fourth-order valence-electron chi connectivity index (χ4n) is 3.91. The summed E-state index contributed by atoms with van der Waals surface area (Å²) in [6.07, 6.45) is 5.67. The first-order chi connectivity index (χ1) is 13.2. The Morgan fingerprint density at radius 1 is 1.33 bits per heavy atom. The van der Waals surface area contributed by atoms with Gasteiger partial charge in [-0.05, 0) is 31.9 Å². The number of rotatable bonds is 8. The predicted octanol–water partition coefficient (Wildman–Crippen LogP) is 2.23. The molecule has 0 radical (unpaired) electrons. The molecule has 2 atom stereocenters. The van der Waals surface area contributed by atoms with E-state index in [0.717, 1.165) is 38.3 Å². The second kappa shape index (κ2) is 9.67. The van der Waals surface area contributed by atoms with E-state index < -0.39 is 0 Å². The molecule has 0 saturated carbocycles. The molecule has 1 saturated heterocycles. The number of hydrogen-bond donors (Lipinski definition) is 1. The van der Waals surface area contributed by atoms with Crippen LogP contribution in [0.4, 0.5) is 0 Å². The van der Waals surface area contributed by atoms with Crippen molar-refractivity contribution in [3.63, 3.8) is 0 Å². The number of likely N-dealkylation sites (tertiary alicyclic amines) is 1. The third kappa shape index (κ3) is 5.17. The van der Waals surface area contributed by atoms with Gasteiger partial charge in [0.15, 0.2) is 0 Å². The van der Waals surface area contributed by atoms with Gasteiger partial charge in [0.25, 0.3) is 0 Å². The maximum atomic E-state index is 12.9. The van der Waals surface area contributed by atoms with Crippen molar-refractivity contribution in [3.8, 4) is 0 Å². The average molecular weight is 370 g/mol. The van der Waals surface area contributed by atoms with Gasteiger partial charge in [-0.15, -0.1) is 0 Å². The van der Waals surface area contributed by atoms with Crippen LogP contribution in [0.3, 0.4) is 0 Å². The molecule has 0 aliphatic carbocycles. The van der Waals surface area contributed by atoms with E-state index in [-0.39, 0.29) is 17.9 Å². The molecule has 1 aliphatic heterocycles. The van der Waals surface area contributed by atoms with E-state index in [0.29, 0.717) is 13.2 Å². The fraction of sp³-hybridized carbons (Fsp3) is 0.524. The van der Waals surface area contributed by atoms with Crippen LogP contribution in [0.5, 0.6) is 0 Å². The van der Waals surface area contributed by atoms with Gasteiger partial charge in [0.05, 0.1) is 12.5 Å². The van der Waals surface area contributed by atoms with Crippen molar-refractivity contribution >= 4 is 5.91 Å². The molecule has 0 unspecified atom stereocenters. The molecular weight excluding hydrogens is 340 g/mol. The summed E-state index contributed by atoms with van der Waals surface area (Å²) in [7, 11) is 1.71. The Labute approximate surface area is 161 Å². The number of hydrogen-bond acceptors (Lipinski definition) is 4. The van der Waals surface area contributed by atoms with E-state index in [1.165, 1.54) is 5.56 Å². The summed E-state index contributed by atoms with van der Waals surface area (Å²) in [5.74, 6) is 1.06. The highest BCUT2D eigenvalue weighted by atomic mass is 16.5. The van der Waals surface area contributed by atoms with E-state index in [1.807, 2.05) is 19.2 Å². The minimum Gasteiger partial charge on any atom is -0.383 e. The minimum atomic E-state index is -0.0358. The second-order valence-electron chi connectivity index (χ2n) is 7.19. The molecule has 0 bridgehead atoms. The Bertz CT molecular complexity index is 716. The summed E-state index contributed by atoms with van der Waals surface area (Å²) in [6.45, 7) is 5.76. The molecule has 1 N–H and O–H groups in total. The molecule has 1 aliphatic rings. The number of aromatic nitrogens is 2. The Morgan fingerprint density at radius 3 is 2.85 bits per heavy atom. The van der Waals surface area contributed by atoms with Crippen molar-refractivity contribution in [1.82, 2.24) is 19.8 Å². The first kappa shape index (κ1) is 19.6. The number of carbonyl (C=O) groups is 1. The number of benzene rings is 1. The van der Waals surface area contributed by atoms with Crippen molar-refractivity contribution < 1.29 is 9.53 Å². The SMILES string of the molecule is COC[C@@H]1[C@H](C(=O)NCCn2ccnc2C)CCCN1Cc1ccccc1. The van der Waals surface area contributed by atoms with Gasteiger partial charge in [-0.25, -0.2) is 4.98 Å². The molecule has 27 heavy (non-hydrogen) atoms. The number of carbonyl (C=O) groups excluding carboxylic acids is 1. The van der Waals surface area contributed by atoms with E-state index >= 15 is 0 Å². The van der Waals surface area contributed by atoms with Gasteiger partial charge in [0.1, 0.15) is 5.82 Å². The van der Waals surface area contributed by atoms with Crippen LogP contribution in [-0.4, -0.2) is 53.2 Å². The Hall–Kier alpha value is -2.18. The molecule has 2 heterocycles. The van der Waals surface area contributed by atoms with Gasteiger partial charge in [0, 0.05) is 45.2 Å². The van der Waals surface area contributed by atoms with Crippen molar-refractivity contribution in [2.45, 2.75) is 38.9 Å². The van der Waals surface area contributed by atoms with Crippen LogP contribution < -0.4 is 5.32 Å². The highest BCUT2D eigenvalue weighted by molar-refractivity contribution is 5.79. The lowest BCUT2D eigenvalue weighted by atomic mass is 9.88. The number of ether oxygens (including phenoxy) is 1. The van der Waals surface area contributed by atoms with Gasteiger partial charge in [-0.1, -0.05) is 30.3 Å². The summed E-state index contributed by atoms with van der Waals surface area (Å²) in [6, 6.07) is 10.5. The van der Waals surface area contributed by atoms with Crippen LogP contribution in [0.1, 0.15) is 24.2 Å². The fourth-order valence-corrected chi connectivity index (χ4v) is 3.91. The zero-order chi connectivity index (χ0) is 19.1. The van der Waals surface area contributed by atoms with Crippen LogP contribution in [-0.2, 0) is 22.6 Å². The Morgan fingerprint density at radius 2 is 2.15 bits per heavy atom. The summed E-state index contributed by atoms with van der Waals surface area (Å²) in [5.41, 5.74) is 1.27. The normalized spacial score (nSPS) is 20.5. The largest absolute Gasteiger partial charge is 0.383 e. The molecular formula is C21H30N4O2. The number of methoxy groups -OCH3 is 1. The number of piperidine rings is 1. The van der Waals surface area contributed by atoms with E-state index in [1.54, 1.807) is 13.3 Å². The van der Waals surface area contributed by atoms with Crippen molar-refractivity contribution in [2.24, 2.45) is 5.92 Å². The van der Waals surface area contributed by atoms with Crippen LogP contribution in [0.25, 0.3) is 0 Å². The van der Waals surface area contributed by atoms with Crippen LogP contribution in [0.2, 0.25) is 0 Å². The van der Waals surface area contributed by atoms with E-state index in [9.17, 15) is 4.79 Å². The van der Waals surface area contributed by atoms with Crippen molar-refractivity contribution in [2.75, 3.05) is 26.8 Å².